The molecule has 0 saturated heterocycles. The lowest BCUT2D eigenvalue weighted by molar-refractivity contribution is -0.161. The van der Waals surface area contributed by atoms with Crippen molar-refractivity contribution in [1.29, 1.82) is 0 Å². The summed E-state index contributed by atoms with van der Waals surface area (Å²) in [6.45, 7) is 2.21. The molecule has 2 N–H and O–H groups in total. The number of carboxylic acid groups (broad SMARTS) is 1. The second-order valence-electron chi connectivity index (χ2n) is 5.84. The molecule has 21 heavy (non-hydrogen) atoms. The monoisotopic (exact) mass is 318 g/mol. The molecule has 1 atom stereocenters. The molecule has 0 saturated carbocycles. The van der Waals surface area contributed by atoms with Crippen molar-refractivity contribution in [2.24, 2.45) is 0 Å². The number of aliphatic carboxylic acids is 1. The van der Waals surface area contributed by atoms with Gasteiger partial charge in [0.15, 0.2) is 10.7 Å². The van der Waals surface area contributed by atoms with E-state index in [2.05, 4.69) is 19.6 Å². The van der Waals surface area contributed by atoms with E-state index in [0.29, 0.717) is 6.42 Å². The summed E-state index contributed by atoms with van der Waals surface area (Å²) in [4.78, 5) is 21.9. The van der Waals surface area contributed by atoms with Gasteiger partial charge in [-0.3, -0.25) is 4.79 Å². The fraction of sp³-hybridized carbons (Fsp3) is 0.875. The minimum atomic E-state index is -1.95. The Morgan fingerprint density at radius 3 is 1.71 bits per heavy atom. The van der Waals surface area contributed by atoms with Crippen molar-refractivity contribution < 1.29 is 19.8 Å². The van der Waals surface area contributed by atoms with Crippen LogP contribution >= 0.6 is 12.6 Å². The van der Waals surface area contributed by atoms with E-state index < -0.39 is 23.1 Å². The van der Waals surface area contributed by atoms with E-state index in [1.54, 1.807) is 0 Å². The van der Waals surface area contributed by atoms with Crippen LogP contribution in [0.5, 0.6) is 0 Å². The Morgan fingerprint density at radius 2 is 1.33 bits per heavy atom. The Labute approximate surface area is 133 Å². The highest BCUT2D eigenvalue weighted by atomic mass is 32.1. The molecule has 0 aromatic carbocycles. The maximum Gasteiger partial charge on any atom is 0.336 e. The van der Waals surface area contributed by atoms with Crippen LogP contribution in [0.15, 0.2) is 0 Å². The van der Waals surface area contributed by atoms with Crippen LogP contribution in [0.1, 0.15) is 84.0 Å². The number of aliphatic hydroxyl groups is 1. The molecule has 0 aromatic heterocycles. The highest BCUT2D eigenvalue weighted by Crippen LogP contribution is 2.21. The summed E-state index contributed by atoms with van der Waals surface area (Å²) in [7, 11) is 0. The van der Waals surface area contributed by atoms with Crippen molar-refractivity contribution in [3.8, 4) is 0 Å². The first kappa shape index (κ1) is 20.5. The van der Waals surface area contributed by atoms with Gasteiger partial charge in [0.1, 0.15) is 0 Å². The predicted molar refractivity (Wildman–Crippen MR) is 87.7 cm³/mol. The lowest BCUT2D eigenvalue weighted by atomic mass is 9.93. The second kappa shape index (κ2) is 12.0. The number of carbonyl (C=O) groups is 2. The van der Waals surface area contributed by atoms with Crippen molar-refractivity contribution >= 4 is 23.7 Å². The first-order chi connectivity index (χ1) is 9.92. The normalized spacial score (nSPS) is 13.9. The fourth-order valence-electron chi connectivity index (χ4n) is 2.43. The quantitative estimate of drug-likeness (QED) is 0.335. The molecule has 0 aliphatic carbocycles. The van der Waals surface area contributed by atoms with Crippen molar-refractivity contribution in [1.82, 2.24) is 0 Å². The smallest absolute Gasteiger partial charge is 0.336 e. The van der Waals surface area contributed by atoms with E-state index in [1.807, 2.05) is 0 Å². The Balaban J connectivity index is 3.64. The van der Waals surface area contributed by atoms with Crippen LogP contribution in [-0.2, 0) is 9.59 Å². The number of hydrogen-bond donors (Lipinski definition) is 3. The van der Waals surface area contributed by atoms with Gasteiger partial charge in [0.2, 0.25) is 0 Å². The van der Waals surface area contributed by atoms with Crippen molar-refractivity contribution in [2.75, 3.05) is 0 Å². The molecule has 0 spiro atoms. The summed E-state index contributed by atoms with van der Waals surface area (Å²) in [5.74, 6) is -1.33. The number of unbranched alkanes of at least 4 members (excludes halogenated alkanes) is 9. The third-order valence-corrected chi connectivity index (χ3v) is 3.94. The molecule has 0 fully saturated rings. The molecule has 0 amide bonds. The molecule has 0 aliphatic heterocycles. The second-order valence-corrected chi connectivity index (χ2v) is 6.34. The van der Waals surface area contributed by atoms with Gasteiger partial charge in [0.05, 0.1) is 6.42 Å². The van der Waals surface area contributed by atoms with Gasteiger partial charge in [-0.25, -0.2) is 4.79 Å². The van der Waals surface area contributed by atoms with Crippen LogP contribution in [0.2, 0.25) is 0 Å². The molecule has 0 aliphatic rings. The van der Waals surface area contributed by atoms with E-state index in [0.717, 1.165) is 19.3 Å². The first-order valence-corrected chi connectivity index (χ1v) is 8.54. The topological polar surface area (TPSA) is 74.6 Å². The zero-order chi connectivity index (χ0) is 16.1. The fourth-order valence-corrected chi connectivity index (χ4v) is 2.69. The third kappa shape index (κ3) is 10.8. The molecule has 0 bridgehead atoms. The molecule has 0 rings (SSSR count). The lowest BCUT2D eigenvalue weighted by Gasteiger charge is -2.21. The molecular weight excluding hydrogens is 288 g/mol. The molecule has 0 heterocycles. The van der Waals surface area contributed by atoms with Gasteiger partial charge in [-0.1, -0.05) is 64.7 Å². The lowest BCUT2D eigenvalue weighted by Crippen LogP contribution is -2.39. The summed E-state index contributed by atoms with van der Waals surface area (Å²) in [6.07, 6.45) is 11.1. The van der Waals surface area contributed by atoms with Crippen LogP contribution in [0.3, 0.4) is 0 Å². The maximum absolute atomic E-state index is 11.0. The summed E-state index contributed by atoms with van der Waals surface area (Å²) in [5, 5.41) is 18.3. The van der Waals surface area contributed by atoms with Crippen LogP contribution in [0.4, 0.5) is 0 Å². The Kier molecular flexibility index (Phi) is 11.7. The Bertz CT molecular complexity index is 307. The highest BCUT2D eigenvalue weighted by molar-refractivity contribution is 7.96. The van der Waals surface area contributed by atoms with Gasteiger partial charge in [0, 0.05) is 0 Å². The van der Waals surface area contributed by atoms with Crippen LogP contribution < -0.4 is 0 Å². The summed E-state index contributed by atoms with van der Waals surface area (Å²) in [5.41, 5.74) is -1.95. The minimum absolute atomic E-state index is 0.116. The molecule has 0 radical (unpaired) electrons. The zero-order valence-corrected chi connectivity index (χ0v) is 14.0. The summed E-state index contributed by atoms with van der Waals surface area (Å²) in [6, 6.07) is 0. The van der Waals surface area contributed by atoms with E-state index in [4.69, 9.17) is 5.11 Å². The summed E-state index contributed by atoms with van der Waals surface area (Å²) < 4.78 is 0. The predicted octanol–water partition coefficient (Wildman–Crippen LogP) is 3.96. The number of hydrogen-bond acceptors (Lipinski definition) is 3. The first-order valence-electron chi connectivity index (χ1n) is 8.10. The molecule has 5 heteroatoms. The third-order valence-electron chi connectivity index (χ3n) is 3.79. The molecular formula is C16H30O4S. The van der Waals surface area contributed by atoms with Crippen LogP contribution in [0, 0.1) is 0 Å². The van der Waals surface area contributed by atoms with Crippen molar-refractivity contribution in [2.45, 2.75) is 89.6 Å². The molecule has 0 aromatic rings. The van der Waals surface area contributed by atoms with Crippen LogP contribution in [-0.4, -0.2) is 26.9 Å². The van der Waals surface area contributed by atoms with Crippen molar-refractivity contribution in [3.05, 3.63) is 0 Å². The zero-order valence-electron chi connectivity index (χ0n) is 13.1. The van der Waals surface area contributed by atoms with E-state index >= 15 is 0 Å². The molecule has 1 unspecified atom stereocenters. The van der Waals surface area contributed by atoms with Gasteiger partial charge in [-0.05, 0) is 12.8 Å². The van der Waals surface area contributed by atoms with Gasteiger partial charge < -0.3 is 10.2 Å². The highest BCUT2D eigenvalue weighted by Gasteiger charge is 2.36. The van der Waals surface area contributed by atoms with Gasteiger partial charge in [-0.15, -0.1) is 12.6 Å². The SMILES string of the molecule is CCCCCCCCCCCCC(O)(CC(=O)S)C(=O)O. The average Bonchev–Trinajstić information content (AvgIpc) is 2.40. The van der Waals surface area contributed by atoms with E-state index in [9.17, 15) is 14.7 Å². The number of rotatable bonds is 14. The maximum atomic E-state index is 11.0. The van der Waals surface area contributed by atoms with Crippen molar-refractivity contribution in [3.63, 3.8) is 0 Å². The number of carboxylic acids is 1. The standard InChI is InChI=1S/C16H30O4S/c1-2-3-4-5-6-7-8-9-10-11-12-16(20,15(18)19)13-14(17)21/h20H,2-13H2,1H3,(H,17,21)(H,18,19). The van der Waals surface area contributed by atoms with E-state index in [-0.39, 0.29) is 6.42 Å². The average molecular weight is 318 g/mol. The van der Waals surface area contributed by atoms with Gasteiger partial charge in [-0.2, -0.15) is 0 Å². The number of thiol groups is 1. The Morgan fingerprint density at radius 1 is 0.905 bits per heavy atom. The van der Waals surface area contributed by atoms with Gasteiger partial charge in [0.25, 0.3) is 0 Å². The molecule has 4 nitrogen and oxygen atoms in total. The van der Waals surface area contributed by atoms with Gasteiger partial charge >= 0.3 is 5.97 Å². The Hall–Kier alpha value is -0.550. The molecule has 124 valence electrons. The number of carbonyl (C=O) groups excluding carboxylic acids is 1. The largest absolute Gasteiger partial charge is 0.479 e. The van der Waals surface area contributed by atoms with Crippen LogP contribution in [0.25, 0.3) is 0 Å². The van der Waals surface area contributed by atoms with E-state index in [1.165, 1.54) is 38.5 Å². The summed E-state index contributed by atoms with van der Waals surface area (Å²) >= 11 is 3.55. The minimum Gasteiger partial charge on any atom is -0.479 e.